The monoisotopic (exact) mass is 294 g/mol. The molecular weight excluding hydrogens is 276 g/mol. The average Bonchev–Trinajstić information content (AvgIpc) is 2.47. The van der Waals surface area contributed by atoms with Crippen molar-refractivity contribution in [1.82, 2.24) is 0 Å². The van der Waals surface area contributed by atoms with Gasteiger partial charge in [-0.2, -0.15) is 0 Å². The second-order valence-electron chi connectivity index (χ2n) is 5.31. The SMILES string of the molecule is Cc1ccc([N+](=O)[O-])cc1NCC1(C(=O)O)CCOCC1. The maximum Gasteiger partial charge on any atom is 0.311 e. The van der Waals surface area contributed by atoms with E-state index in [0.717, 1.165) is 5.56 Å². The molecule has 1 aromatic carbocycles. The van der Waals surface area contributed by atoms with Crippen LogP contribution in [0.5, 0.6) is 0 Å². The summed E-state index contributed by atoms with van der Waals surface area (Å²) < 4.78 is 5.22. The van der Waals surface area contributed by atoms with Crippen LogP contribution in [0.1, 0.15) is 18.4 Å². The average molecular weight is 294 g/mol. The minimum absolute atomic E-state index is 0.0144. The molecule has 0 unspecified atom stereocenters. The van der Waals surface area contributed by atoms with Gasteiger partial charge >= 0.3 is 5.97 Å². The third-order valence-electron chi connectivity index (χ3n) is 3.95. The number of non-ortho nitro benzene ring substituents is 1. The Morgan fingerprint density at radius 2 is 2.14 bits per heavy atom. The van der Waals surface area contributed by atoms with Crippen molar-refractivity contribution in [2.75, 3.05) is 25.1 Å². The van der Waals surface area contributed by atoms with Crippen molar-refractivity contribution in [1.29, 1.82) is 0 Å². The summed E-state index contributed by atoms with van der Waals surface area (Å²) >= 11 is 0. The van der Waals surface area contributed by atoms with E-state index in [-0.39, 0.29) is 12.2 Å². The first-order chi connectivity index (χ1) is 9.94. The van der Waals surface area contributed by atoms with Crippen molar-refractivity contribution < 1.29 is 19.6 Å². The molecule has 7 heteroatoms. The van der Waals surface area contributed by atoms with Crippen LogP contribution in [0.4, 0.5) is 11.4 Å². The fourth-order valence-corrected chi connectivity index (χ4v) is 2.41. The molecule has 0 atom stereocenters. The predicted octanol–water partition coefficient (Wildman–Crippen LogP) is 2.20. The van der Waals surface area contributed by atoms with Crippen LogP contribution < -0.4 is 5.32 Å². The van der Waals surface area contributed by atoms with Crippen molar-refractivity contribution in [3.8, 4) is 0 Å². The molecule has 0 bridgehead atoms. The number of anilines is 1. The van der Waals surface area contributed by atoms with Crippen LogP contribution in [-0.2, 0) is 9.53 Å². The maximum absolute atomic E-state index is 11.6. The van der Waals surface area contributed by atoms with Crippen molar-refractivity contribution in [2.45, 2.75) is 19.8 Å². The van der Waals surface area contributed by atoms with Crippen molar-refractivity contribution >= 4 is 17.3 Å². The van der Waals surface area contributed by atoms with Gasteiger partial charge in [-0.1, -0.05) is 6.07 Å². The van der Waals surface area contributed by atoms with E-state index in [1.807, 2.05) is 6.92 Å². The van der Waals surface area contributed by atoms with Gasteiger partial charge in [-0.05, 0) is 25.3 Å². The van der Waals surface area contributed by atoms with E-state index >= 15 is 0 Å². The van der Waals surface area contributed by atoms with Gasteiger partial charge in [0.05, 0.1) is 10.3 Å². The van der Waals surface area contributed by atoms with Gasteiger partial charge in [-0.15, -0.1) is 0 Å². The van der Waals surface area contributed by atoms with Crippen LogP contribution in [-0.4, -0.2) is 35.8 Å². The van der Waals surface area contributed by atoms with E-state index in [9.17, 15) is 20.0 Å². The summed E-state index contributed by atoms with van der Waals surface area (Å²) in [5.41, 5.74) is 0.541. The number of nitro benzene ring substituents is 1. The Morgan fingerprint density at radius 3 is 2.71 bits per heavy atom. The zero-order valence-corrected chi connectivity index (χ0v) is 11.8. The molecule has 2 rings (SSSR count). The van der Waals surface area contributed by atoms with E-state index in [2.05, 4.69) is 5.32 Å². The lowest BCUT2D eigenvalue weighted by Gasteiger charge is -2.33. The molecule has 0 radical (unpaired) electrons. The Labute approximate surface area is 122 Å². The van der Waals surface area contributed by atoms with Crippen LogP contribution in [0.3, 0.4) is 0 Å². The van der Waals surface area contributed by atoms with E-state index in [1.54, 1.807) is 6.07 Å². The summed E-state index contributed by atoms with van der Waals surface area (Å²) in [6, 6.07) is 4.52. The second kappa shape index (κ2) is 6.09. The lowest BCUT2D eigenvalue weighted by atomic mass is 9.80. The third-order valence-corrected chi connectivity index (χ3v) is 3.95. The number of aryl methyl sites for hydroxylation is 1. The lowest BCUT2D eigenvalue weighted by molar-refractivity contribution is -0.384. The van der Waals surface area contributed by atoms with Crippen LogP contribution in [0, 0.1) is 22.5 Å². The first-order valence-corrected chi connectivity index (χ1v) is 6.75. The largest absolute Gasteiger partial charge is 0.481 e. The first kappa shape index (κ1) is 15.2. The summed E-state index contributed by atoms with van der Waals surface area (Å²) in [6.07, 6.45) is 0.868. The zero-order chi connectivity index (χ0) is 15.5. The standard InChI is InChI=1S/C14H18N2O5/c1-10-2-3-11(16(19)20)8-12(10)15-9-14(13(17)18)4-6-21-7-5-14/h2-3,8,15H,4-7,9H2,1H3,(H,17,18). The number of aliphatic carboxylic acids is 1. The summed E-state index contributed by atoms with van der Waals surface area (Å²) in [5.74, 6) is -0.860. The van der Waals surface area contributed by atoms with Gasteiger partial charge in [-0.3, -0.25) is 14.9 Å². The van der Waals surface area contributed by atoms with Gasteiger partial charge in [0.25, 0.3) is 5.69 Å². The van der Waals surface area contributed by atoms with Gasteiger partial charge in [0.2, 0.25) is 0 Å². The van der Waals surface area contributed by atoms with Gasteiger partial charge in [0.1, 0.15) is 0 Å². The number of carboxylic acids is 1. The fraction of sp³-hybridized carbons (Fsp3) is 0.500. The smallest absolute Gasteiger partial charge is 0.311 e. The zero-order valence-electron chi connectivity index (χ0n) is 11.8. The highest BCUT2D eigenvalue weighted by molar-refractivity contribution is 5.76. The fourth-order valence-electron chi connectivity index (χ4n) is 2.41. The molecule has 1 fully saturated rings. The maximum atomic E-state index is 11.6. The topological polar surface area (TPSA) is 102 Å². The molecule has 1 heterocycles. The molecule has 0 spiro atoms. The van der Waals surface area contributed by atoms with Crippen LogP contribution in [0.25, 0.3) is 0 Å². The third kappa shape index (κ3) is 3.30. The highest BCUT2D eigenvalue weighted by Crippen LogP contribution is 2.32. The minimum atomic E-state index is -0.880. The van der Waals surface area contributed by atoms with Crippen LogP contribution in [0.15, 0.2) is 18.2 Å². The molecule has 0 amide bonds. The molecule has 0 saturated carbocycles. The summed E-state index contributed by atoms with van der Waals surface area (Å²) in [6.45, 7) is 2.89. The first-order valence-electron chi connectivity index (χ1n) is 6.75. The molecule has 114 valence electrons. The van der Waals surface area contributed by atoms with Gasteiger partial charge in [0.15, 0.2) is 0 Å². The van der Waals surface area contributed by atoms with Crippen molar-refractivity contribution in [2.24, 2.45) is 5.41 Å². The highest BCUT2D eigenvalue weighted by atomic mass is 16.6. The number of nitrogens with one attached hydrogen (secondary N) is 1. The molecular formula is C14H18N2O5. The number of hydrogen-bond acceptors (Lipinski definition) is 5. The van der Waals surface area contributed by atoms with Gasteiger partial charge in [0, 0.05) is 37.6 Å². The van der Waals surface area contributed by atoms with Crippen molar-refractivity contribution in [3.63, 3.8) is 0 Å². The Bertz CT molecular complexity index is 552. The number of hydrogen-bond donors (Lipinski definition) is 2. The minimum Gasteiger partial charge on any atom is -0.481 e. The lowest BCUT2D eigenvalue weighted by Crippen LogP contribution is -2.42. The Hall–Kier alpha value is -2.15. The Balaban J connectivity index is 2.15. The quantitative estimate of drug-likeness (QED) is 0.637. The second-order valence-corrected chi connectivity index (χ2v) is 5.31. The van der Waals surface area contributed by atoms with Gasteiger partial charge < -0.3 is 15.2 Å². The van der Waals surface area contributed by atoms with Crippen LogP contribution >= 0.6 is 0 Å². The molecule has 1 aromatic rings. The summed E-state index contributed by atoms with van der Waals surface area (Å²) in [5, 5.41) is 23.3. The van der Waals surface area contributed by atoms with E-state index < -0.39 is 16.3 Å². The summed E-state index contributed by atoms with van der Waals surface area (Å²) in [4.78, 5) is 21.9. The number of nitro groups is 1. The predicted molar refractivity (Wildman–Crippen MR) is 76.4 cm³/mol. The molecule has 1 saturated heterocycles. The van der Waals surface area contributed by atoms with E-state index in [1.165, 1.54) is 12.1 Å². The number of carboxylic acid groups (broad SMARTS) is 1. The van der Waals surface area contributed by atoms with Gasteiger partial charge in [-0.25, -0.2) is 0 Å². The van der Waals surface area contributed by atoms with Crippen LogP contribution in [0.2, 0.25) is 0 Å². The number of benzene rings is 1. The molecule has 2 N–H and O–H groups in total. The summed E-state index contributed by atoms with van der Waals surface area (Å²) in [7, 11) is 0. The van der Waals surface area contributed by atoms with E-state index in [4.69, 9.17) is 4.74 Å². The highest BCUT2D eigenvalue weighted by Gasteiger charge is 2.40. The number of ether oxygens (including phenoxy) is 1. The molecule has 0 aliphatic carbocycles. The Morgan fingerprint density at radius 1 is 1.48 bits per heavy atom. The number of carbonyl (C=O) groups is 1. The number of rotatable bonds is 5. The molecule has 21 heavy (non-hydrogen) atoms. The Kier molecular flexibility index (Phi) is 4.42. The van der Waals surface area contributed by atoms with Crippen molar-refractivity contribution in [3.05, 3.63) is 33.9 Å². The molecule has 7 nitrogen and oxygen atoms in total. The number of nitrogens with zero attached hydrogens (tertiary/aromatic N) is 1. The normalized spacial score (nSPS) is 17.2. The molecule has 1 aliphatic rings. The molecule has 0 aromatic heterocycles. The van der Waals surface area contributed by atoms with E-state index in [0.29, 0.717) is 31.7 Å². The molecule has 1 aliphatic heterocycles.